The first-order valence-corrected chi connectivity index (χ1v) is 5.04. The third-order valence-electron chi connectivity index (χ3n) is 1.85. The monoisotopic (exact) mass is 212 g/mol. The van der Waals surface area contributed by atoms with Gasteiger partial charge in [-0.25, -0.2) is 9.59 Å². The Morgan fingerprint density at radius 3 is 2.93 bits per heavy atom. The fourth-order valence-corrected chi connectivity index (χ4v) is 1.99. The van der Waals surface area contributed by atoms with Crippen LogP contribution < -0.4 is 0 Å². The number of carbonyl (C=O) groups excluding carboxylic acids is 2. The van der Waals surface area contributed by atoms with E-state index in [4.69, 9.17) is 4.74 Å². The number of carbonyl (C=O) groups is 2. The highest BCUT2D eigenvalue weighted by Gasteiger charge is 2.29. The van der Waals surface area contributed by atoms with Crippen molar-refractivity contribution >= 4 is 23.3 Å². The van der Waals surface area contributed by atoms with Gasteiger partial charge in [0.05, 0.1) is 0 Å². The van der Waals surface area contributed by atoms with E-state index in [2.05, 4.69) is 4.74 Å². The van der Waals surface area contributed by atoms with Gasteiger partial charge in [-0.1, -0.05) is 6.07 Å². The fraction of sp³-hybridized carbons (Fsp3) is 0.333. The summed E-state index contributed by atoms with van der Waals surface area (Å²) in [4.78, 5) is 22.6. The first kappa shape index (κ1) is 9.21. The molecule has 2 heterocycles. The number of ether oxygens (including phenoxy) is 2. The van der Waals surface area contributed by atoms with Crippen LogP contribution in [0, 0.1) is 0 Å². The van der Waals surface area contributed by atoms with Gasteiger partial charge in [0.2, 0.25) is 0 Å². The molecular formula is C9H8O4S. The zero-order valence-corrected chi connectivity index (χ0v) is 8.08. The molecule has 74 valence electrons. The van der Waals surface area contributed by atoms with Crippen LogP contribution in [-0.2, 0) is 25.5 Å². The van der Waals surface area contributed by atoms with E-state index in [1.54, 1.807) is 11.3 Å². The molecule has 0 aromatic carbocycles. The minimum atomic E-state index is -0.896. The Balaban J connectivity index is 1.94. The molecule has 1 aromatic rings. The summed E-state index contributed by atoms with van der Waals surface area (Å²) >= 11 is 1.59. The Hall–Kier alpha value is -1.36. The molecule has 4 nitrogen and oxygen atoms in total. The van der Waals surface area contributed by atoms with E-state index in [9.17, 15) is 9.59 Å². The van der Waals surface area contributed by atoms with Crippen molar-refractivity contribution < 1.29 is 19.1 Å². The van der Waals surface area contributed by atoms with Crippen LogP contribution in [0.25, 0.3) is 0 Å². The molecule has 14 heavy (non-hydrogen) atoms. The average molecular weight is 212 g/mol. The predicted molar refractivity (Wildman–Crippen MR) is 48.9 cm³/mol. The number of cyclic esters (lactones) is 2. The summed E-state index contributed by atoms with van der Waals surface area (Å²) in [5, 5.41) is 1.95. The molecule has 0 amide bonds. The van der Waals surface area contributed by atoms with E-state index in [-0.39, 0.29) is 12.7 Å². The molecule has 0 N–H and O–H groups in total. The molecule has 2 rings (SSSR count). The average Bonchev–Trinajstić information content (AvgIpc) is 2.64. The number of thiophene rings is 1. The second kappa shape index (κ2) is 3.79. The van der Waals surface area contributed by atoms with Crippen LogP contribution in [0.15, 0.2) is 17.5 Å². The van der Waals surface area contributed by atoms with Gasteiger partial charge in [-0.3, -0.25) is 0 Å². The van der Waals surface area contributed by atoms with Crippen molar-refractivity contribution in [3.8, 4) is 0 Å². The Morgan fingerprint density at radius 1 is 1.43 bits per heavy atom. The van der Waals surface area contributed by atoms with Crippen LogP contribution in [0.1, 0.15) is 4.88 Å². The van der Waals surface area contributed by atoms with E-state index in [1.807, 2.05) is 17.5 Å². The minimum Gasteiger partial charge on any atom is -0.453 e. The summed E-state index contributed by atoms with van der Waals surface area (Å²) in [5.74, 6) is -1.79. The van der Waals surface area contributed by atoms with E-state index in [0.717, 1.165) is 4.88 Å². The molecule has 1 unspecified atom stereocenters. The van der Waals surface area contributed by atoms with Crippen LogP contribution in [-0.4, -0.2) is 24.6 Å². The highest BCUT2D eigenvalue weighted by Crippen LogP contribution is 2.15. The molecule has 1 aromatic heterocycles. The van der Waals surface area contributed by atoms with Crippen molar-refractivity contribution in [2.45, 2.75) is 12.5 Å². The van der Waals surface area contributed by atoms with Gasteiger partial charge in [-0.15, -0.1) is 11.3 Å². The second-order valence-corrected chi connectivity index (χ2v) is 3.94. The van der Waals surface area contributed by atoms with Gasteiger partial charge >= 0.3 is 11.9 Å². The highest BCUT2D eigenvalue weighted by atomic mass is 32.1. The van der Waals surface area contributed by atoms with E-state index < -0.39 is 11.9 Å². The summed E-state index contributed by atoms with van der Waals surface area (Å²) in [7, 11) is 0. The van der Waals surface area contributed by atoms with Crippen LogP contribution in [0.2, 0.25) is 0 Å². The van der Waals surface area contributed by atoms with Crippen LogP contribution in [0.4, 0.5) is 0 Å². The lowest BCUT2D eigenvalue weighted by Gasteiger charge is -2.20. The number of hydrogen-bond donors (Lipinski definition) is 0. The summed E-state index contributed by atoms with van der Waals surface area (Å²) in [5.41, 5.74) is 0. The molecule has 0 radical (unpaired) electrons. The molecular weight excluding hydrogens is 204 g/mol. The molecule has 1 aliphatic heterocycles. The normalized spacial score (nSPS) is 21.6. The Morgan fingerprint density at radius 2 is 2.29 bits per heavy atom. The lowest BCUT2D eigenvalue weighted by Crippen LogP contribution is -2.37. The largest absolute Gasteiger partial charge is 0.453 e. The zero-order valence-electron chi connectivity index (χ0n) is 7.26. The van der Waals surface area contributed by atoms with Gasteiger partial charge in [-0.05, 0) is 11.4 Å². The molecule has 0 aliphatic carbocycles. The standard InChI is InChI=1S/C9H8O4S/c10-8-9(11)13-6(5-12-8)4-7-2-1-3-14-7/h1-3,6H,4-5H2. The third-order valence-corrected chi connectivity index (χ3v) is 2.75. The summed E-state index contributed by atoms with van der Waals surface area (Å²) < 4.78 is 9.51. The van der Waals surface area contributed by atoms with Crippen molar-refractivity contribution in [3.63, 3.8) is 0 Å². The van der Waals surface area contributed by atoms with Gasteiger partial charge in [0.25, 0.3) is 0 Å². The van der Waals surface area contributed by atoms with Crippen molar-refractivity contribution in [3.05, 3.63) is 22.4 Å². The van der Waals surface area contributed by atoms with Crippen molar-refractivity contribution in [2.24, 2.45) is 0 Å². The topological polar surface area (TPSA) is 52.6 Å². The van der Waals surface area contributed by atoms with E-state index >= 15 is 0 Å². The lowest BCUT2D eigenvalue weighted by atomic mass is 10.2. The maximum atomic E-state index is 10.8. The van der Waals surface area contributed by atoms with E-state index in [1.165, 1.54) is 0 Å². The summed E-state index contributed by atoms with van der Waals surface area (Å²) in [6.07, 6.45) is 0.273. The number of esters is 2. The second-order valence-electron chi connectivity index (χ2n) is 2.91. The van der Waals surface area contributed by atoms with Gasteiger partial charge in [-0.2, -0.15) is 0 Å². The first-order valence-electron chi connectivity index (χ1n) is 4.16. The molecule has 1 atom stereocenters. The van der Waals surface area contributed by atoms with Crippen LogP contribution in [0.3, 0.4) is 0 Å². The Labute approximate surface area is 84.4 Å². The van der Waals surface area contributed by atoms with Gasteiger partial charge in [0.15, 0.2) is 0 Å². The Kier molecular flexibility index (Phi) is 2.49. The molecule has 5 heteroatoms. The summed E-state index contributed by atoms with van der Waals surface area (Å²) in [6, 6.07) is 3.88. The Bertz CT molecular complexity index is 344. The highest BCUT2D eigenvalue weighted by molar-refractivity contribution is 7.09. The molecule has 1 fully saturated rings. The van der Waals surface area contributed by atoms with Gasteiger partial charge in [0.1, 0.15) is 12.7 Å². The first-order chi connectivity index (χ1) is 6.75. The van der Waals surface area contributed by atoms with Crippen molar-refractivity contribution in [1.82, 2.24) is 0 Å². The maximum absolute atomic E-state index is 10.8. The van der Waals surface area contributed by atoms with E-state index in [0.29, 0.717) is 6.42 Å². The van der Waals surface area contributed by atoms with Gasteiger partial charge in [0, 0.05) is 11.3 Å². The van der Waals surface area contributed by atoms with Crippen molar-refractivity contribution in [2.75, 3.05) is 6.61 Å². The molecule has 1 saturated heterocycles. The quantitative estimate of drug-likeness (QED) is 0.536. The number of rotatable bonds is 2. The fourth-order valence-electron chi connectivity index (χ4n) is 1.21. The molecule has 0 bridgehead atoms. The lowest BCUT2D eigenvalue weighted by molar-refractivity contribution is -0.184. The SMILES string of the molecule is O=C1OCC(Cc2cccs2)OC1=O. The molecule has 1 aliphatic rings. The number of hydrogen-bond acceptors (Lipinski definition) is 5. The summed E-state index contributed by atoms with van der Waals surface area (Å²) in [6.45, 7) is 0.155. The van der Waals surface area contributed by atoms with Gasteiger partial charge < -0.3 is 9.47 Å². The third kappa shape index (κ3) is 1.93. The molecule has 0 spiro atoms. The van der Waals surface area contributed by atoms with Crippen LogP contribution in [0.5, 0.6) is 0 Å². The van der Waals surface area contributed by atoms with Crippen molar-refractivity contribution in [1.29, 1.82) is 0 Å². The molecule has 0 saturated carbocycles. The maximum Gasteiger partial charge on any atom is 0.417 e. The minimum absolute atomic E-state index is 0.155. The predicted octanol–water partition coefficient (Wildman–Crippen LogP) is 0.759. The van der Waals surface area contributed by atoms with Crippen LogP contribution >= 0.6 is 11.3 Å². The zero-order chi connectivity index (χ0) is 9.97. The smallest absolute Gasteiger partial charge is 0.417 e.